The van der Waals surface area contributed by atoms with Gasteiger partial charge in [-0.25, -0.2) is 9.52 Å². The number of carbonyl (C=O) groups is 1. The number of hydrogen-bond donors (Lipinski definition) is 2. The monoisotopic (exact) mass is 226 g/mol. The number of likely N-dealkylation sites (N-methyl/N-ethyl adjacent to an activating group) is 1. The van der Waals surface area contributed by atoms with E-state index in [1.165, 1.54) is 14.0 Å². The standard InChI is InChI=1S/C6H14N2O5S/c1-5(9)4-8(2)14(11,12)7-6(10)13-3/h5,9H,4H2,1-3H3,(H,7,10). The molecule has 7 nitrogen and oxygen atoms in total. The summed E-state index contributed by atoms with van der Waals surface area (Å²) in [5.74, 6) is 0. The van der Waals surface area contributed by atoms with E-state index in [0.717, 1.165) is 11.4 Å². The van der Waals surface area contributed by atoms with Crippen molar-refractivity contribution in [2.24, 2.45) is 0 Å². The van der Waals surface area contributed by atoms with E-state index in [1.54, 1.807) is 4.72 Å². The maximum atomic E-state index is 11.2. The summed E-state index contributed by atoms with van der Waals surface area (Å²) in [4.78, 5) is 10.6. The highest BCUT2D eigenvalue weighted by Gasteiger charge is 2.21. The summed E-state index contributed by atoms with van der Waals surface area (Å²) in [6, 6.07) is 0. The summed E-state index contributed by atoms with van der Waals surface area (Å²) in [5, 5.41) is 8.93. The number of ether oxygens (including phenoxy) is 1. The lowest BCUT2D eigenvalue weighted by molar-refractivity contribution is 0.166. The van der Waals surface area contributed by atoms with Gasteiger partial charge in [-0.3, -0.25) is 0 Å². The smallest absolute Gasteiger partial charge is 0.421 e. The third kappa shape index (κ3) is 4.40. The van der Waals surface area contributed by atoms with Gasteiger partial charge in [-0.15, -0.1) is 0 Å². The molecule has 0 aliphatic rings. The van der Waals surface area contributed by atoms with Crippen LogP contribution >= 0.6 is 0 Å². The van der Waals surface area contributed by atoms with E-state index in [-0.39, 0.29) is 6.54 Å². The first-order valence-corrected chi connectivity index (χ1v) is 5.23. The van der Waals surface area contributed by atoms with Crippen molar-refractivity contribution in [3.05, 3.63) is 0 Å². The molecule has 0 spiro atoms. The van der Waals surface area contributed by atoms with Gasteiger partial charge in [0.15, 0.2) is 0 Å². The van der Waals surface area contributed by atoms with Crippen LogP contribution in [0.5, 0.6) is 0 Å². The molecule has 1 atom stereocenters. The highest BCUT2D eigenvalue weighted by Crippen LogP contribution is 1.96. The summed E-state index contributed by atoms with van der Waals surface area (Å²) >= 11 is 0. The summed E-state index contributed by atoms with van der Waals surface area (Å²) in [7, 11) is -1.63. The first-order valence-electron chi connectivity index (χ1n) is 3.79. The van der Waals surface area contributed by atoms with Gasteiger partial charge in [-0.05, 0) is 6.92 Å². The zero-order valence-corrected chi connectivity index (χ0v) is 9.04. The third-order valence-electron chi connectivity index (χ3n) is 1.33. The Labute approximate surface area is 82.8 Å². The number of aliphatic hydroxyl groups is 1. The van der Waals surface area contributed by atoms with E-state index in [2.05, 4.69) is 4.74 Å². The Balaban J connectivity index is 4.39. The molecule has 84 valence electrons. The Bertz CT molecular complexity index is 287. The van der Waals surface area contributed by atoms with Crippen LogP contribution in [0.15, 0.2) is 0 Å². The van der Waals surface area contributed by atoms with Crippen LogP contribution in [-0.4, -0.2) is 50.7 Å². The molecule has 0 aliphatic carbocycles. The Morgan fingerprint density at radius 1 is 1.64 bits per heavy atom. The quantitative estimate of drug-likeness (QED) is 0.634. The number of methoxy groups -OCH3 is 1. The number of aliphatic hydroxyl groups excluding tert-OH is 1. The molecule has 0 rings (SSSR count). The van der Waals surface area contributed by atoms with Crippen LogP contribution in [0.1, 0.15) is 6.92 Å². The molecular weight excluding hydrogens is 212 g/mol. The zero-order chi connectivity index (χ0) is 11.4. The third-order valence-corrected chi connectivity index (χ3v) is 2.72. The molecule has 0 aromatic carbocycles. The minimum Gasteiger partial charge on any atom is -0.452 e. The highest BCUT2D eigenvalue weighted by molar-refractivity contribution is 7.87. The molecule has 2 N–H and O–H groups in total. The van der Waals surface area contributed by atoms with Crippen LogP contribution in [0.2, 0.25) is 0 Å². The van der Waals surface area contributed by atoms with Crippen molar-refractivity contribution in [3.8, 4) is 0 Å². The number of nitrogens with zero attached hydrogens (tertiary/aromatic N) is 1. The second-order valence-electron chi connectivity index (χ2n) is 2.73. The van der Waals surface area contributed by atoms with Gasteiger partial charge in [-0.2, -0.15) is 12.7 Å². The lowest BCUT2D eigenvalue weighted by atomic mass is 10.4. The van der Waals surface area contributed by atoms with Crippen molar-refractivity contribution in [2.75, 3.05) is 20.7 Å². The van der Waals surface area contributed by atoms with Gasteiger partial charge < -0.3 is 9.84 Å². The Hall–Kier alpha value is -0.860. The highest BCUT2D eigenvalue weighted by atomic mass is 32.2. The fraction of sp³-hybridized carbons (Fsp3) is 0.833. The molecule has 0 fully saturated rings. The summed E-state index contributed by atoms with van der Waals surface area (Å²) < 4.78 is 29.1. The van der Waals surface area contributed by atoms with Crippen LogP contribution in [0.4, 0.5) is 4.79 Å². The minimum absolute atomic E-state index is 0.105. The van der Waals surface area contributed by atoms with Crippen molar-refractivity contribution < 1.29 is 23.1 Å². The molecule has 1 unspecified atom stereocenters. The van der Waals surface area contributed by atoms with Gasteiger partial charge in [0.1, 0.15) is 0 Å². The van der Waals surface area contributed by atoms with Crippen LogP contribution < -0.4 is 4.72 Å². The Morgan fingerprint density at radius 3 is 2.50 bits per heavy atom. The zero-order valence-electron chi connectivity index (χ0n) is 8.22. The normalized spacial score (nSPS) is 13.8. The molecule has 0 aromatic heterocycles. The second kappa shape index (κ2) is 5.13. The summed E-state index contributed by atoms with van der Waals surface area (Å²) in [5.41, 5.74) is 0. The van der Waals surface area contributed by atoms with E-state index in [0.29, 0.717) is 0 Å². The second-order valence-corrected chi connectivity index (χ2v) is 4.51. The number of rotatable bonds is 4. The van der Waals surface area contributed by atoms with Gasteiger partial charge in [-0.1, -0.05) is 0 Å². The number of hydrogen-bond acceptors (Lipinski definition) is 5. The Kier molecular flexibility index (Phi) is 4.81. The topological polar surface area (TPSA) is 95.9 Å². The molecule has 8 heteroatoms. The fourth-order valence-electron chi connectivity index (χ4n) is 0.695. The first-order chi connectivity index (χ1) is 6.29. The van der Waals surface area contributed by atoms with E-state index < -0.39 is 22.4 Å². The molecule has 14 heavy (non-hydrogen) atoms. The molecular formula is C6H14N2O5S. The first kappa shape index (κ1) is 13.1. The SMILES string of the molecule is COC(=O)NS(=O)(=O)N(C)CC(C)O. The van der Waals surface area contributed by atoms with Gasteiger partial charge in [0, 0.05) is 13.6 Å². The van der Waals surface area contributed by atoms with E-state index >= 15 is 0 Å². The number of carbonyl (C=O) groups excluding carboxylic acids is 1. The van der Waals surface area contributed by atoms with Crippen molar-refractivity contribution in [1.82, 2.24) is 9.03 Å². The average molecular weight is 226 g/mol. The van der Waals surface area contributed by atoms with Crippen LogP contribution in [0.3, 0.4) is 0 Å². The van der Waals surface area contributed by atoms with Crippen molar-refractivity contribution in [3.63, 3.8) is 0 Å². The van der Waals surface area contributed by atoms with E-state index in [1.807, 2.05) is 0 Å². The van der Waals surface area contributed by atoms with Crippen LogP contribution in [0.25, 0.3) is 0 Å². The number of nitrogens with one attached hydrogen (secondary N) is 1. The van der Waals surface area contributed by atoms with Gasteiger partial charge >= 0.3 is 16.3 Å². The lowest BCUT2D eigenvalue weighted by Gasteiger charge is -2.18. The van der Waals surface area contributed by atoms with Crippen molar-refractivity contribution in [1.29, 1.82) is 0 Å². The molecule has 0 saturated carbocycles. The van der Waals surface area contributed by atoms with Gasteiger partial charge in [0.05, 0.1) is 13.2 Å². The lowest BCUT2D eigenvalue weighted by Crippen LogP contribution is -2.43. The van der Waals surface area contributed by atoms with Crippen LogP contribution in [0, 0.1) is 0 Å². The van der Waals surface area contributed by atoms with Crippen molar-refractivity contribution >= 4 is 16.3 Å². The van der Waals surface area contributed by atoms with E-state index in [4.69, 9.17) is 5.11 Å². The largest absolute Gasteiger partial charge is 0.452 e. The van der Waals surface area contributed by atoms with Gasteiger partial charge in [0.25, 0.3) is 0 Å². The maximum absolute atomic E-state index is 11.2. The minimum atomic E-state index is -3.92. The molecule has 0 bridgehead atoms. The van der Waals surface area contributed by atoms with E-state index in [9.17, 15) is 13.2 Å². The van der Waals surface area contributed by atoms with Gasteiger partial charge in [0.2, 0.25) is 0 Å². The fourth-order valence-corrected chi connectivity index (χ4v) is 1.56. The van der Waals surface area contributed by atoms with Crippen molar-refractivity contribution in [2.45, 2.75) is 13.0 Å². The Morgan fingerprint density at radius 2 is 2.14 bits per heavy atom. The summed E-state index contributed by atoms with van der Waals surface area (Å²) in [6.45, 7) is 1.33. The molecule has 0 aromatic rings. The average Bonchev–Trinajstić information content (AvgIpc) is 2.02. The molecule has 0 radical (unpaired) electrons. The summed E-state index contributed by atoms with van der Waals surface area (Å²) in [6.07, 6.45) is -1.88. The molecule has 0 heterocycles. The number of amides is 1. The molecule has 0 aliphatic heterocycles. The van der Waals surface area contributed by atoms with Crippen LogP contribution in [-0.2, 0) is 14.9 Å². The molecule has 1 amide bonds. The predicted molar refractivity (Wildman–Crippen MR) is 48.8 cm³/mol. The maximum Gasteiger partial charge on any atom is 0.421 e. The predicted octanol–water partition coefficient (Wildman–Crippen LogP) is -1.10. The molecule has 0 saturated heterocycles.